The van der Waals surface area contributed by atoms with Crippen molar-refractivity contribution >= 4 is 50.8 Å². The molecule has 1 heterocycles. The lowest BCUT2D eigenvalue weighted by atomic mass is 10.2. The van der Waals surface area contributed by atoms with Crippen LogP contribution in [-0.4, -0.2) is 28.6 Å². The zero-order valence-electron chi connectivity index (χ0n) is 12.8. The molecular weight excluding hydrogens is 367 g/mol. The maximum Gasteiger partial charge on any atom is 0.233 e. The molecule has 0 spiro atoms. The zero-order chi connectivity index (χ0) is 17.1. The molecule has 0 fully saturated rings. The van der Waals surface area contributed by atoms with Gasteiger partial charge in [0.25, 0.3) is 0 Å². The largest absolute Gasteiger partial charge is 0.341 e. The second-order valence-electron chi connectivity index (χ2n) is 5.26. The molecule has 0 aliphatic heterocycles. The number of nitrogens with zero attached hydrogens (tertiary/aromatic N) is 2. The fraction of sp³-hybridized carbons (Fsp3) is 0.176. The van der Waals surface area contributed by atoms with Crippen molar-refractivity contribution in [3.63, 3.8) is 0 Å². The lowest BCUT2D eigenvalue weighted by molar-refractivity contribution is -0.127. The lowest BCUT2D eigenvalue weighted by Crippen LogP contribution is -2.27. The Hall–Kier alpha value is -1.63. The predicted molar refractivity (Wildman–Crippen MR) is 98.2 cm³/mol. The van der Waals surface area contributed by atoms with Crippen LogP contribution in [-0.2, 0) is 11.3 Å². The summed E-state index contributed by atoms with van der Waals surface area (Å²) in [4.78, 5) is 18.3. The molecule has 0 saturated heterocycles. The van der Waals surface area contributed by atoms with E-state index in [0.29, 0.717) is 17.3 Å². The van der Waals surface area contributed by atoms with Gasteiger partial charge in [0.1, 0.15) is 5.82 Å². The SMILES string of the molecule is CN(Cc1cccc(F)c1)C(=O)CSc1nc2cc(Cl)ccc2s1. The Morgan fingerprint density at radius 1 is 1.33 bits per heavy atom. The second kappa shape index (κ2) is 7.51. The average Bonchev–Trinajstić information content (AvgIpc) is 2.94. The zero-order valence-corrected chi connectivity index (χ0v) is 15.2. The van der Waals surface area contributed by atoms with E-state index in [4.69, 9.17) is 11.6 Å². The van der Waals surface area contributed by atoms with Crippen LogP contribution in [0.15, 0.2) is 46.8 Å². The molecule has 0 aliphatic rings. The molecule has 0 N–H and O–H groups in total. The van der Waals surface area contributed by atoms with Crippen molar-refractivity contribution in [1.82, 2.24) is 9.88 Å². The van der Waals surface area contributed by atoms with Crippen LogP contribution in [0.4, 0.5) is 4.39 Å². The van der Waals surface area contributed by atoms with E-state index in [1.54, 1.807) is 24.1 Å². The third kappa shape index (κ3) is 4.26. The van der Waals surface area contributed by atoms with Gasteiger partial charge in [0.15, 0.2) is 4.34 Å². The molecule has 2 aromatic carbocycles. The van der Waals surface area contributed by atoms with E-state index in [1.165, 1.54) is 35.2 Å². The van der Waals surface area contributed by atoms with Gasteiger partial charge >= 0.3 is 0 Å². The quantitative estimate of drug-likeness (QED) is 0.594. The molecule has 124 valence electrons. The van der Waals surface area contributed by atoms with E-state index < -0.39 is 0 Å². The first kappa shape index (κ1) is 17.2. The Bertz CT molecular complexity index is 884. The van der Waals surface area contributed by atoms with E-state index in [1.807, 2.05) is 18.2 Å². The van der Waals surface area contributed by atoms with Crippen LogP contribution in [0.5, 0.6) is 0 Å². The summed E-state index contributed by atoms with van der Waals surface area (Å²) in [6, 6.07) is 11.8. The number of aromatic nitrogens is 1. The highest BCUT2D eigenvalue weighted by molar-refractivity contribution is 8.01. The smallest absolute Gasteiger partial charge is 0.233 e. The summed E-state index contributed by atoms with van der Waals surface area (Å²) >= 11 is 8.90. The number of carbonyl (C=O) groups excluding carboxylic acids is 1. The number of thiazole rings is 1. The molecular formula is C17H14ClFN2OS2. The molecule has 1 aromatic heterocycles. The number of halogens is 2. The number of amides is 1. The molecule has 24 heavy (non-hydrogen) atoms. The normalized spacial score (nSPS) is 11.0. The highest BCUT2D eigenvalue weighted by atomic mass is 35.5. The summed E-state index contributed by atoms with van der Waals surface area (Å²) in [5.41, 5.74) is 1.61. The first-order valence-corrected chi connectivity index (χ1v) is 9.36. The van der Waals surface area contributed by atoms with Crippen molar-refractivity contribution in [2.24, 2.45) is 0 Å². The standard InChI is InChI=1S/C17H14ClFN2OS2/c1-21(9-11-3-2-4-13(19)7-11)16(22)10-23-17-20-14-8-12(18)5-6-15(14)24-17/h2-8H,9-10H2,1H3. The van der Waals surface area contributed by atoms with E-state index in [-0.39, 0.29) is 11.7 Å². The summed E-state index contributed by atoms with van der Waals surface area (Å²) in [6.45, 7) is 0.382. The summed E-state index contributed by atoms with van der Waals surface area (Å²) in [5, 5.41) is 0.648. The van der Waals surface area contributed by atoms with E-state index in [9.17, 15) is 9.18 Å². The fourth-order valence-corrected chi connectivity index (χ4v) is 4.33. The molecule has 3 rings (SSSR count). The van der Waals surface area contributed by atoms with E-state index >= 15 is 0 Å². The van der Waals surface area contributed by atoms with Crippen molar-refractivity contribution in [3.05, 3.63) is 58.9 Å². The third-order valence-electron chi connectivity index (χ3n) is 3.38. The first-order valence-electron chi connectivity index (χ1n) is 7.18. The molecule has 7 heteroatoms. The van der Waals surface area contributed by atoms with Gasteiger partial charge in [-0.1, -0.05) is 35.5 Å². The van der Waals surface area contributed by atoms with E-state index in [0.717, 1.165) is 20.1 Å². The van der Waals surface area contributed by atoms with Crippen molar-refractivity contribution < 1.29 is 9.18 Å². The van der Waals surface area contributed by atoms with Crippen LogP contribution in [0.1, 0.15) is 5.56 Å². The number of rotatable bonds is 5. The number of fused-ring (bicyclic) bond motifs is 1. The minimum Gasteiger partial charge on any atom is -0.341 e. The Labute approximate surface area is 152 Å². The Morgan fingerprint density at radius 2 is 2.17 bits per heavy atom. The summed E-state index contributed by atoms with van der Waals surface area (Å²) in [5.74, 6) is -0.0308. The molecule has 0 saturated carbocycles. The summed E-state index contributed by atoms with van der Waals surface area (Å²) in [6.07, 6.45) is 0. The van der Waals surface area contributed by atoms with Gasteiger partial charge in [-0.2, -0.15) is 0 Å². The maximum absolute atomic E-state index is 13.2. The van der Waals surface area contributed by atoms with Crippen LogP contribution < -0.4 is 0 Å². The Kier molecular flexibility index (Phi) is 5.38. The monoisotopic (exact) mass is 380 g/mol. The van der Waals surface area contributed by atoms with Gasteiger partial charge in [0.05, 0.1) is 16.0 Å². The van der Waals surface area contributed by atoms with Crippen LogP contribution in [0.25, 0.3) is 10.2 Å². The van der Waals surface area contributed by atoms with Crippen LogP contribution in [0.3, 0.4) is 0 Å². The fourth-order valence-electron chi connectivity index (χ4n) is 2.17. The van der Waals surface area contributed by atoms with Crippen molar-refractivity contribution in [2.45, 2.75) is 10.9 Å². The molecule has 3 aromatic rings. The number of hydrogen-bond donors (Lipinski definition) is 0. The molecule has 0 atom stereocenters. The van der Waals surface area contributed by atoms with Gasteiger partial charge in [0.2, 0.25) is 5.91 Å². The van der Waals surface area contributed by atoms with Gasteiger partial charge in [-0.05, 0) is 35.9 Å². The van der Waals surface area contributed by atoms with Crippen molar-refractivity contribution in [2.75, 3.05) is 12.8 Å². The number of carbonyl (C=O) groups is 1. The number of benzene rings is 2. The van der Waals surface area contributed by atoms with Gasteiger partial charge < -0.3 is 4.90 Å². The number of hydrogen-bond acceptors (Lipinski definition) is 4. The minimum atomic E-state index is -0.295. The molecule has 0 bridgehead atoms. The Balaban J connectivity index is 1.59. The van der Waals surface area contributed by atoms with Gasteiger partial charge in [-0.15, -0.1) is 11.3 Å². The number of thioether (sulfide) groups is 1. The molecule has 0 radical (unpaired) electrons. The summed E-state index contributed by atoms with van der Waals surface area (Å²) < 4.78 is 15.1. The lowest BCUT2D eigenvalue weighted by Gasteiger charge is -2.16. The van der Waals surface area contributed by atoms with Gasteiger partial charge in [0, 0.05) is 18.6 Å². The average molecular weight is 381 g/mol. The van der Waals surface area contributed by atoms with Crippen LogP contribution in [0, 0.1) is 5.82 Å². The first-order chi connectivity index (χ1) is 11.5. The predicted octanol–water partition coefficient (Wildman–Crippen LogP) is 4.84. The Morgan fingerprint density at radius 3 is 2.96 bits per heavy atom. The molecule has 0 unspecified atom stereocenters. The highest BCUT2D eigenvalue weighted by Gasteiger charge is 2.12. The molecule has 3 nitrogen and oxygen atoms in total. The van der Waals surface area contributed by atoms with Crippen molar-refractivity contribution in [1.29, 1.82) is 0 Å². The molecule has 0 aliphatic carbocycles. The third-order valence-corrected chi connectivity index (χ3v) is 5.78. The maximum atomic E-state index is 13.2. The van der Waals surface area contributed by atoms with E-state index in [2.05, 4.69) is 4.98 Å². The topological polar surface area (TPSA) is 33.2 Å². The van der Waals surface area contributed by atoms with Gasteiger partial charge in [-0.25, -0.2) is 9.37 Å². The summed E-state index contributed by atoms with van der Waals surface area (Å²) in [7, 11) is 1.71. The minimum absolute atomic E-state index is 0.0263. The van der Waals surface area contributed by atoms with Crippen molar-refractivity contribution in [3.8, 4) is 0 Å². The highest BCUT2D eigenvalue weighted by Crippen LogP contribution is 2.31. The van der Waals surface area contributed by atoms with Crippen LogP contribution >= 0.6 is 34.7 Å². The van der Waals surface area contributed by atoms with Gasteiger partial charge in [-0.3, -0.25) is 4.79 Å². The van der Waals surface area contributed by atoms with Crippen LogP contribution in [0.2, 0.25) is 5.02 Å². The second-order valence-corrected chi connectivity index (χ2v) is 7.95. The molecule has 1 amide bonds.